The monoisotopic (exact) mass is 446 g/mol. The first-order valence-corrected chi connectivity index (χ1v) is 9.46. The second kappa shape index (κ2) is 10.00. The fourth-order valence-corrected chi connectivity index (χ4v) is 2.80. The lowest BCUT2D eigenvalue weighted by molar-refractivity contribution is -0.138. The fourth-order valence-electron chi connectivity index (χ4n) is 2.80. The van der Waals surface area contributed by atoms with Crippen molar-refractivity contribution in [3.05, 3.63) is 95.3 Å². The Kier molecular flexibility index (Phi) is 7.14. The molecule has 0 bridgehead atoms. The van der Waals surface area contributed by atoms with Crippen LogP contribution in [0, 0.1) is 5.82 Å². The van der Waals surface area contributed by atoms with Gasteiger partial charge in [0, 0.05) is 11.6 Å². The van der Waals surface area contributed by atoms with Gasteiger partial charge in [-0.2, -0.15) is 13.2 Å². The molecule has 0 saturated carbocycles. The van der Waals surface area contributed by atoms with Crippen molar-refractivity contribution in [2.75, 3.05) is 6.61 Å². The molecule has 0 aromatic heterocycles. The largest absolute Gasteiger partial charge is 0.489 e. The molecule has 8 heteroatoms. The van der Waals surface area contributed by atoms with Crippen LogP contribution in [0.15, 0.2) is 72.8 Å². The smallest absolute Gasteiger partial charge is 0.416 e. The van der Waals surface area contributed by atoms with Crippen LogP contribution in [0.25, 0.3) is 6.08 Å². The van der Waals surface area contributed by atoms with Gasteiger partial charge in [-0.05, 0) is 42.0 Å². The van der Waals surface area contributed by atoms with Crippen LogP contribution in [0.5, 0.6) is 17.2 Å². The highest BCUT2D eigenvalue weighted by Crippen LogP contribution is 2.30. The van der Waals surface area contributed by atoms with E-state index in [0.717, 1.165) is 12.1 Å². The van der Waals surface area contributed by atoms with Crippen molar-refractivity contribution in [2.45, 2.75) is 12.6 Å². The zero-order chi connectivity index (χ0) is 23.1. The molecule has 0 heterocycles. The molecule has 0 atom stereocenters. The average Bonchev–Trinajstić information content (AvgIpc) is 2.74. The zero-order valence-corrected chi connectivity index (χ0v) is 16.6. The minimum atomic E-state index is -4.38. The summed E-state index contributed by atoms with van der Waals surface area (Å²) < 4.78 is 63.3. The Labute approximate surface area is 181 Å². The summed E-state index contributed by atoms with van der Waals surface area (Å²) in [6.07, 6.45) is -1.56. The summed E-state index contributed by atoms with van der Waals surface area (Å²) in [5.74, 6) is -1.29. The lowest BCUT2D eigenvalue weighted by Gasteiger charge is -2.10. The van der Waals surface area contributed by atoms with Crippen molar-refractivity contribution in [1.29, 1.82) is 0 Å². The molecule has 0 aliphatic rings. The maximum Gasteiger partial charge on any atom is 0.416 e. The third kappa shape index (κ3) is 6.34. The maximum absolute atomic E-state index is 14.4. The van der Waals surface area contributed by atoms with E-state index in [9.17, 15) is 22.4 Å². The Morgan fingerprint density at radius 3 is 2.34 bits per heavy atom. The number of carboxylic acid groups (broad SMARTS) is 1. The molecule has 0 saturated heterocycles. The molecule has 0 radical (unpaired) electrons. The third-order valence-electron chi connectivity index (χ3n) is 4.31. The van der Waals surface area contributed by atoms with Crippen molar-refractivity contribution in [1.82, 2.24) is 0 Å². The summed E-state index contributed by atoms with van der Waals surface area (Å²) in [5, 5.41) is 8.85. The highest BCUT2D eigenvalue weighted by atomic mass is 19.4. The van der Waals surface area contributed by atoms with Crippen molar-refractivity contribution < 1.29 is 36.9 Å². The molecule has 0 unspecified atom stereocenters. The third-order valence-corrected chi connectivity index (χ3v) is 4.31. The highest BCUT2D eigenvalue weighted by molar-refractivity contribution is 5.70. The molecule has 3 aromatic carbocycles. The van der Waals surface area contributed by atoms with Gasteiger partial charge >= 0.3 is 12.1 Å². The molecular formula is C24H18F4O4. The van der Waals surface area contributed by atoms with Crippen LogP contribution < -0.4 is 9.47 Å². The van der Waals surface area contributed by atoms with Crippen molar-refractivity contribution in [2.24, 2.45) is 0 Å². The molecule has 166 valence electrons. The molecule has 1 N–H and O–H groups in total. The number of hydrogen-bond donors (Lipinski definition) is 1. The van der Waals surface area contributed by atoms with Gasteiger partial charge in [0.05, 0.1) is 12.0 Å². The Balaban J connectivity index is 1.60. The Morgan fingerprint density at radius 2 is 1.66 bits per heavy atom. The van der Waals surface area contributed by atoms with Gasteiger partial charge in [0.2, 0.25) is 0 Å². The summed E-state index contributed by atoms with van der Waals surface area (Å²) in [7, 11) is 0. The predicted molar refractivity (Wildman–Crippen MR) is 110 cm³/mol. The predicted octanol–water partition coefficient (Wildman–Crippen LogP) is 6.36. The summed E-state index contributed by atoms with van der Waals surface area (Å²) >= 11 is 0. The number of carboxylic acids is 1. The minimum absolute atomic E-state index is 0.0100. The number of benzene rings is 3. The molecular weight excluding hydrogens is 428 g/mol. The second-order valence-corrected chi connectivity index (χ2v) is 6.71. The first-order chi connectivity index (χ1) is 15.2. The van der Waals surface area contributed by atoms with Gasteiger partial charge in [0.1, 0.15) is 18.1 Å². The van der Waals surface area contributed by atoms with E-state index < -0.39 is 29.9 Å². The van der Waals surface area contributed by atoms with E-state index in [4.69, 9.17) is 14.6 Å². The number of halogens is 4. The van der Waals surface area contributed by atoms with Crippen LogP contribution in [0.4, 0.5) is 17.6 Å². The van der Waals surface area contributed by atoms with E-state index >= 15 is 0 Å². The van der Waals surface area contributed by atoms with Gasteiger partial charge in [-0.1, -0.05) is 36.4 Å². The molecule has 0 spiro atoms. The average molecular weight is 446 g/mol. The van der Waals surface area contributed by atoms with Crippen LogP contribution in [-0.4, -0.2) is 17.7 Å². The maximum atomic E-state index is 14.4. The van der Waals surface area contributed by atoms with Crippen molar-refractivity contribution in [3.8, 4) is 17.2 Å². The Hall–Kier alpha value is -3.81. The molecule has 0 amide bonds. The van der Waals surface area contributed by atoms with E-state index in [-0.39, 0.29) is 17.9 Å². The lowest BCUT2D eigenvalue weighted by Crippen LogP contribution is -2.04. The second-order valence-electron chi connectivity index (χ2n) is 6.71. The van der Waals surface area contributed by atoms with Gasteiger partial charge < -0.3 is 14.6 Å². The molecule has 3 aromatic rings. The van der Waals surface area contributed by atoms with Crippen LogP contribution in [0.2, 0.25) is 0 Å². The molecule has 4 nitrogen and oxygen atoms in total. The van der Waals surface area contributed by atoms with E-state index in [1.807, 2.05) is 0 Å². The van der Waals surface area contributed by atoms with Gasteiger partial charge in [-0.25, -0.2) is 4.39 Å². The van der Waals surface area contributed by atoms with Gasteiger partial charge in [0.25, 0.3) is 0 Å². The number of carbonyl (C=O) groups is 1. The Bertz CT molecular complexity index is 1110. The van der Waals surface area contributed by atoms with E-state index in [0.29, 0.717) is 17.1 Å². The molecule has 0 fully saturated rings. The number of rotatable bonds is 8. The number of alkyl halides is 3. The standard InChI is InChI=1S/C24H18F4O4/c25-23-17(14-22(29)30)5-1-8-21(23)32-20-7-2-6-19(15-20)31-13-3-4-16-9-11-18(12-10-16)24(26,27)28/h1-12,15H,13-14H2,(H,29,30)/b4-3+. The van der Waals surface area contributed by atoms with Crippen molar-refractivity contribution >= 4 is 12.0 Å². The van der Waals surface area contributed by atoms with E-state index in [1.54, 1.807) is 30.4 Å². The molecule has 3 rings (SSSR count). The first-order valence-electron chi connectivity index (χ1n) is 9.46. The number of hydrogen-bond acceptors (Lipinski definition) is 3. The van der Waals surface area contributed by atoms with Crippen LogP contribution in [-0.2, 0) is 17.4 Å². The normalized spacial score (nSPS) is 11.5. The van der Waals surface area contributed by atoms with Crippen LogP contribution in [0.3, 0.4) is 0 Å². The van der Waals surface area contributed by atoms with Crippen LogP contribution >= 0.6 is 0 Å². The van der Waals surface area contributed by atoms with E-state index in [2.05, 4.69) is 0 Å². The Morgan fingerprint density at radius 1 is 0.969 bits per heavy atom. The number of aliphatic carboxylic acids is 1. The molecule has 0 aliphatic carbocycles. The lowest BCUT2D eigenvalue weighted by atomic mass is 10.1. The first kappa shape index (κ1) is 22.9. The SMILES string of the molecule is O=C(O)Cc1cccc(Oc2cccc(OC/C=C/c3ccc(C(F)(F)F)cc3)c2)c1F. The van der Waals surface area contributed by atoms with Gasteiger partial charge in [0.15, 0.2) is 11.6 Å². The summed E-state index contributed by atoms with van der Waals surface area (Å²) in [6, 6.07) is 15.4. The highest BCUT2D eigenvalue weighted by Gasteiger charge is 2.29. The summed E-state index contributed by atoms with van der Waals surface area (Å²) in [6.45, 7) is 0.146. The van der Waals surface area contributed by atoms with E-state index in [1.165, 1.54) is 36.4 Å². The van der Waals surface area contributed by atoms with Crippen LogP contribution in [0.1, 0.15) is 16.7 Å². The quantitative estimate of drug-likeness (QED) is 0.410. The molecule has 32 heavy (non-hydrogen) atoms. The topological polar surface area (TPSA) is 55.8 Å². The minimum Gasteiger partial charge on any atom is -0.489 e. The fraction of sp³-hybridized carbons (Fsp3) is 0.125. The summed E-state index contributed by atoms with van der Waals surface area (Å²) in [4.78, 5) is 10.8. The van der Waals surface area contributed by atoms with Gasteiger partial charge in [-0.15, -0.1) is 0 Å². The summed E-state index contributed by atoms with van der Waals surface area (Å²) in [5.41, 5.74) is -0.112. The zero-order valence-electron chi connectivity index (χ0n) is 16.6. The van der Waals surface area contributed by atoms with Gasteiger partial charge in [-0.3, -0.25) is 4.79 Å². The molecule has 0 aliphatic heterocycles. The van der Waals surface area contributed by atoms with Crippen molar-refractivity contribution in [3.63, 3.8) is 0 Å². The number of ether oxygens (including phenoxy) is 2.